The van der Waals surface area contributed by atoms with Crippen molar-refractivity contribution in [2.75, 3.05) is 0 Å². The van der Waals surface area contributed by atoms with Crippen LogP contribution in [0, 0.1) is 18.6 Å². The minimum absolute atomic E-state index is 0.0269. The van der Waals surface area contributed by atoms with Crippen LogP contribution in [0.5, 0.6) is 5.75 Å². The maximum atomic E-state index is 13.8. The van der Waals surface area contributed by atoms with Crippen LogP contribution in [0.1, 0.15) is 29.9 Å². The van der Waals surface area contributed by atoms with E-state index < -0.39 is 28.7 Å². The molecular weight excluding hydrogens is 420 g/mol. The maximum Gasteiger partial charge on any atom is 0.278 e. The molecule has 10 heteroatoms. The lowest BCUT2D eigenvalue weighted by Gasteiger charge is -2.15. The van der Waals surface area contributed by atoms with Gasteiger partial charge in [-0.2, -0.15) is 5.10 Å². The van der Waals surface area contributed by atoms with Gasteiger partial charge in [-0.05, 0) is 32.9 Å². The Morgan fingerprint density at radius 1 is 1.30 bits per heavy atom. The average Bonchev–Trinajstić information content (AvgIpc) is 3.12. The number of aromatic nitrogens is 3. The summed E-state index contributed by atoms with van der Waals surface area (Å²) in [7, 11) is 0. The SMILES string of the molecule is Cc1cc(OCc2ccc(F)cc2F)c(Cl)c(=O)n1-c1cnn(C(=O)C(C)(C)O)c1. The van der Waals surface area contributed by atoms with E-state index >= 15 is 0 Å². The predicted molar refractivity (Wildman–Crippen MR) is 105 cm³/mol. The Balaban J connectivity index is 1.91. The topological polar surface area (TPSA) is 86.4 Å². The molecule has 2 heterocycles. The molecule has 30 heavy (non-hydrogen) atoms. The lowest BCUT2D eigenvalue weighted by molar-refractivity contribution is 0.0374. The molecule has 0 aliphatic carbocycles. The fourth-order valence-electron chi connectivity index (χ4n) is 2.72. The Kier molecular flexibility index (Phi) is 5.78. The Hall–Kier alpha value is -3.04. The summed E-state index contributed by atoms with van der Waals surface area (Å²) in [5.74, 6) is -2.14. The first kappa shape index (κ1) is 21.7. The molecule has 0 fully saturated rings. The molecule has 1 aromatic carbocycles. The minimum atomic E-state index is -1.64. The van der Waals surface area contributed by atoms with E-state index in [1.54, 1.807) is 6.92 Å². The molecule has 0 unspecified atom stereocenters. The van der Waals surface area contributed by atoms with E-state index in [9.17, 15) is 23.5 Å². The van der Waals surface area contributed by atoms with Crippen LogP contribution in [0.3, 0.4) is 0 Å². The van der Waals surface area contributed by atoms with E-state index in [0.717, 1.165) is 16.8 Å². The first-order chi connectivity index (χ1) is 14.0. The fourth-order valence-corrected chi connectivity index (χ4v) is 2.92. The molecule has 0 bridgehead atoms. The van der Waals surface area contributed by atoms with Crippen LogP contribution in [0.4, 0.5) is 8.78 Å². The largest absolute Gasteiger partial charge is 0.487 e. The number of carbonyl (C=O) groups excluding carboxylic acids is 1. The smallest absolute Gasteiger partial charge is 0.278 e. The number of rotatable bonds is 5. The van der Waals surface area contributed by atoms with Gasteiger partial charge in [0, 0.05) is 23.4 Å². The Bertz CT molecular complexity index is 1180. The molecule has 3 rings (SSSR count). The summed E-state index contributed by atoms with van der Waals surface area (Å²) in [4.78, 5) is 24.9. The maximum absolute atomic E-state index is 13.8. The molecule has 0 saturated carbocycles. The van der Waals surface area contributed by atoms with Gasteiger partial charge in [-0.25, -0.2) is 13.5 Å². The van der Waals surface area contributed by atoms with Crippen molar-refractivity contribution in [1.82, 2.24) is 14.3 Å². The summed E-state index contributed by atoms with van der Waals surface area (Å²) in [5.41, 5.74) is -1.52. The number of ether oxygens (including phenoxy) is 1. The van der Waals surface area contributed by atoms with E-state index in [2.05, 4.69) is 5.10 Å². The van der Waals surface area contributed by atoms with Crippen LogP contribution in [-0.4, -0.2) is 31.0 Å². The third-order valence-corrected chi connectivity index (χ3v) is 4.60. The van der Waals surface area contributed by atoms with Crippen molar-refractivity contribution in [2.24, 2.45) is 0 Å². The molecule has 0 aliphatic heterocycles. The van der Waals surface area contributed by atoms with Crippen molar-refractivity contribution in [3.05, 3.63) is 74.9 Å². The number of nitrogens with zero attached hydrogens (tertiary/aromatic N) is 3. The zero-order valence-electron chi connectivity index (χ0n) is 16.3. The van der Waals surface area contributed by atoms with Crippen molar-refractivity contribution in [3.63, 3.8) is 0 Å². The molecule has 0 aliphatic rings. The number of hydrogen-bond donors (Lipinski definition) is 1. The summed E-state index contributed by atoms with van der Waals surface area (Å²) in [6.45, 7) is 3.99. The van der Waals surface area contributed by atoms with Gasteiger partial charge < -0.3 is 9.84 Å². The van der Waals surface area contributed by atoms with E-state index in [1.807, 2.05) is 0 Å². The number of carbonyl (C=O) groups is 1. The van der Waals surface area contributed by atoms with Crippen LogP contribution in [-0.2, 0) is 6.61 Å². The third-order valence-electron chi connectivity index (χ3n) is 4.26. The second-order valence-corrected chi connectivity index (χ2v) is 7.51. The van der Waals surface area contributed by atoms with Gasteiger partial charge in [0.05, 0.1) is 18.1 Å². The van der Waals surface area contributed by atoms with Gasteiger partial charge in [0.1, 0.15) is 34.6 Å². The van der Waals surface area contributed by atoms with Crippen LogP contribution in [0.2, 0.25) is 5.02 Å². The summed E-state index contributed by atoms with van der Waals surface area (Å²) in [6.07, 6.45) is 2.57. The van der Waals surface area contributed by atoms with E-state index in [0.29, 0.717) is 5.69 Å². The zero-order valence-corrected chi connectivity index (χ0v) is 17.1. The number of pyridine rings is 1. The van der Waals surface area contributed by atoms with Crippen LogP contribution in [0.25, 0.3) is 5.69 Å². The molecule has 158 valence electrons. The molecule has 3 aromatic rings. The summed E-state index contributed by atoms with van der Waals surface area (Å²) < 4.78 is 34.4. The number of halogens is 3. The number of aryl methyl sites for hydroxylation is 1. The molecule has 0 saturated heterocycles. The molecule has 0 amide bonds. The van der Waals surface area contributed by atoms with Gasteiger partial charge in [-0.1, -0.05) is 11.6 Å². The summed E-state index contributed by atoms with van der Waals surface area (Å²) in [5, 5.41) is 13.5. The highest BCUT2D eigenvalue weighted by molar-refractivity contribution is 6.31. The van der Waals surface area contributed by atoms with Gasteiger partial charge in [-0.3, -0.25) is 14.2 Å². The first-order valence-electron chi connectivity index (χ1n) is 8.80. The third kappa shape index (κ3) is 4.27. The number of benzene rings is 1. The van der Waals surface area contributed by atoms with Gasteiger partial charge >= 0.3 is 0 Å². The van der Waals surface area contributed by atoms with Gasteiger partial charge in [-0.15, -0.1) is 0 Å². The van der Waals surface area contributed by atoms with Crippen molar-refractivity contribution in [1.29, 1.82) is 0 Å². The molecule has 0 radical (unpaired) electrons. The normalized spacial score (nSPS) is 11.6. The highest BCUT2D eigenvalue weighted by Gasteiger charge is 2.27. The van der Waals surface area contributed by atoms with Crippen LogP contribution >= 0.6 is 11.6 Å². The van der Waals surface area contributed by atoms with Gasteiger partial charge in [0.2, 0.25) is 0 Å². The monoisotopic (exact) mass is 437 g/mol. The fraction of sp³-hybridized carbons (Fsp3) is 0.250. The van der Waals surface area contributed by atoms with Crippen LogP contribution in [0.15, 0.2) is 41.5 Å². The second-order valence-electron chi connectivity index (χ2n) is 7.14. The molecular formula is C20H18ClF2N3O4. The van der Waals surface area contributed by atoms with Crippen molar-refractivity contribution in [3.8, 4) is 11.4 Å². The Labute approximate surface area is 175 Å². The highest BCUT2D eigenvalue weighted by atomic mass is 35.5. The lowest BCUT2D eigenvalue weighted by atomic mass is 10.1. The van der Waals surface area contributed by atoms with Gasteiger partial charge in [0.15, 0.2) is 0 Å². The van der Waals surface area contributed by atoms with Crippen molar-refractivity contribution >= 4 is 17.5 Å². The van der Waals surface area contributed by atoms with E-state index in [1.165, 1.54) is 42.9 Å². The summed E-state index contributed by atoms with van der Waals surface area (Å²) >= 11 is 6.15. The lowest BCUT2D eigenvalue weighted by Crippen LogP contribution is -2.36. The van der Waals surface area contributed by atoms with Gasteiger partial charge in [0.25, 0.3) is 11.5 Å². The number of aliphatic hydroxyl groups is 1. The first-order valence-corrected chi connectivity index (χ1v) is 9.18. The quantitative estimate of drug-likeness (QED) is 0.662. The van der Waals surface area contributed by atoms with Crippen molar-refractivity contribution in [2.45, 2.75) is 33.0 Å². The minimum Gasteiger partial charge on any atom is -0.487 e. The zero-order chi connectivity index (χ0) is 22.2. The van der Waals surface area contributed by atoms with E-state index in [4.69, 9.17) is 16.3 Å². The molecule has 0 spiro atoms. The highest BCUT2D eigenvalue weighted by Crippen LogP contribution is 2.25. The number of hydrogen-bond acceptors (Lipinski definition) is 5. The average molecular weight is 438 g/mol. The van der Waals surface area contributed by atoms with E-state index in [-0.39, 0.29) is 28.6 Å². The molecule has 7 nitrogen and oxygen atoms in total. The molecule has 2 aromatic heterocycles. The standard InChI is InChI=1S/C20H18ClF2N3O4/c1-11-6-16(30-10-12-4-5-13(22)7-15(12)23)17(21)18(27)26(11)14-8-24-25(9-14)19(28)20(2,3)29/h4-9,29H,10H2,1-3H3. The predicted octanol–water partition coefficient (Wildman–Crippen LogP) is 3.26. The van der Waals surface area contributed by atoms with Crippen molar-refractivity contribution < 1.29 is 23.4 Å². The molecule has 0 atom stereocenters. The summed E-state index contributed by atoms with van der Waals surface area (Å²) in [6, 6.07) is 4.54. The Morgan fingerprint density at radius 3 is 2.63 bits per heavy atom. The molecule has 1 N–H and O–H groups in total. The second kappa shape index (κ2) is 8.00. The van der Waals surface area contributed by atoms with Crippen LogP contribution < -0.4 is 10.3 Å². The Morgan fingerprint density at radius 2 is 2.00 bits per heavy atom.